The molecule has 3 heteroatoms. The van der Waals surface area contributed by atoms with Crippen molar-refractivity contribution >= 4 is 12.1 Å². The van der Waals surface area contributed by atoms with Crippen LogP contribution in [-0.4, -0.2) is 18.7 Å². The third-order valence-electron chi connectivity index (χ3n) is 3.98. The molecule has 0 heterocycles. The quantitative estimate of drug-likeness (QED) is 0.791. The molecule has 0 aliphatic heterocycles. The lowest BCUT2D eigenvalue weighted by atomic mass is 9.90. The SMILES string of the molecule is O=Cc1cccc(CCOc2ccc3c(c2)C(=O)CCC3)c1. The van der Waals surface area contributed by atoms with Crippen molar-refractivity contribution in [2.24, 2.45) is 0 Å². The van der Waals surface area contributed by atoms with Crippen LogP contribution in [0.1, 0.15) is 44.7 Å². The summed E-state index contributed by atoms with van der Waals surface area (Å²) >= 11 is 0. The second-order valence-electron chi connectivity index (χ2n) is 5.56. The molecule has 0 saturated heterocycles. The highest BCUT2D eigenvalue weighted by Gasteiger charge is 2.17. The first kappa shape index (κ1) is 14.5. The minimum atomic E-state index is 0.213. The van der Waals surface area contributed by atoms with Crippen molar-refractivity contribution in [2.45, 2.75) is 25.7 Å². The molecule has 0 aromatic heterocycles. The van der Waals surface area contributed by atoms with Gasteiger partial charge in [0.25, 0.3) is 0 Å². The second kappa shape index (κ2) is 6.56. The van der Waals surface area contributed by atoms with Crippen molar-refractivity contribution in [2.75, 3.05) is 6.61 Å². The Balaban J connectivity index is 1.63. The van der Waals surface area contributed by atoms with Gasteiger partial charge in [-0.3, -0.25) is 9.59 Å². The molecule has 3 rings (SSSR count). The molecular weight excluding hydrogens is 276 g/mol. The van der Waals surface area contributed by atoms with Gasteiger partial charge in [-0.15, -0.1) is 0 Å². The van der Waals surface area contributed by atoms with Crippen LogP contribution in [0.25, 0.3) is 0 Å². The average molecular weight is 294 g/mol. The number of carbonyl (C=O) groups is 2. The second-order valence-corrected chi connectivity index (χ2v) is 5.56. The first-order chi connectivity index (χ1) is 10.8. The largest absolute Gasteiger partial charge is 0.493 e. The monoisotopic (exact) mass is 294 g/mol. The predicted octanol–water partition coefficient (Wildman–Crippen LogP) is 3.64. The smallest absolute Gasteiger partial charge is 0.163 e. The summed E-state index contributed by atoms with van der Waals surface area (Å²) in [4.78, 5) is 22.7. The van der Waals surface area contributed by atoms with E-state index < -0.39 is 0 Å². The van der Waals surface area contributed by atoms with Gasteiger partial charge in [-0.1, -0.05) is 24.3 Å². The summed E-state index contributed by atoms with van der Waals surface area (Å²) in [5.41, 5.74) is 3.68. The Morgan fingerprint density at radius 2 is 2.00 bits per heavy atom. The van der Waals surface area contributed by atoms with Crippen LogP contribution < -0.4 is 4.74 Å². The van der Waals surface area contributed by atoms with E-state index in [1.54, 1.807) is 6.07 Å². The van der Waals surface area contributed by atoms with Crippen molar-refractivity contribution < 1.29 is 14.3 Å². The fourth-order valence-corrected chi connectivity index (χ4v) is 2.81. The molecule has 0 amide bonds. The zero-order valence-corrected chi connectivity index (χ0v) is 12.4. The molecular formula is C19H18O3. The number of carbonyl (C=O) groups excluding carboxylic acids is 2. The zero-order chi connectivity index (χ0) is 15.4. The highest BCUT2D eigenvalue weighted by Crippen LogP contribution is 2.25. The third-order valence-corrected chi connectivity index (χ3v) is 3.98. The number of ketones is 1. The van der Waals surface area contributed by atoms with Gasteiger partial charge in [0, 0.05) is 24.0 Å². The van der Waals surface area contributed by atoms with E-state index in [-0.39, 0.29) is 5.78 Å². The molecule has 0 spiro atoms. The van der Waals surface area contributed by atoms with E-state index in [2.05, 4.69) is 0 Å². The molecule has 3 nitrogen and oxygen atoms in total. The minimum Gasteiger partial charge on any atom is -0.493 e. The number of hydrogen-bond acceptors (Lipinski definition) is 3. The minimum absolute atomic E-state index is 0.213. The molecule has 0 unspecified atom stereocenters. The molecule has 0 atom stereocenters. The van der Waals surface area contributed by atoms with Crippen LogP contribution in [0.2, 0.25) is 0 Å². The van der Waals surface area contributed by atoms with E-state index in [1.807, 2.05) is 36.4 Å². The molecule has 2 aromatic carbocycles. The fourth-order valence-electron chi connectivity index (χ4n) is 2.81. The Kier molecular flexibility index (Phi) is 4.33. The highest BCUT2D eigenvalue weighted by atomic mass is 16.5. The fraction of sp³-hybridized carbons (Fsp3) is 0.263. The summed E-state index contributed by atoms with van der Waals surface area (Å²) in [7, 11) is 0. The molecule has 2 aromatic rings. The molecule has 0 N–H and O–H groups in total. The number of ether oxygens (including phenoxy) is 1. The molecule has 0 fully saturated rings. The van der Waals surface area contributed by atoms with Crippen LogP contribution in [0.4, 0.5) is 0 Å². The number of fused-ring (bicyclic) bond motifs is 1. The molecule has 1 aliphatic rings. The maximum atomic E-state index is 11.9. The summed E-state index contributed by atoms with van der Waals surface area (Å²) < 4.78 is 5.76. The molecule has 0 saturated carbocycles. The van der Waals surface area contributed by atoms with Crippen molar-refractivity contribution in [3.63, 3.8) is 0 Å². The maximum absolute atomic E-state index is 11.9. The molecule has 112 valence electrons. The number of aldehydes is 1. The van der Waals surface area contributed by atoms with E-state index in [0.717, 1.165) is 48.0 Å². The van der Waals surface area contributed by atoms with Crippen molar-refractivity contribution in [3.8, 4) is 5.75 Å². The number of benzene rings is 2. The Morgan fingerprint density at radius 3 is 2.86 bits per heavy atom. The van der Waals surface area contributed by atoms with E-state index in [0.29, 0.717) is 18.6 Å². The van der Waals surface area contributed by atoms with E-state index in [1.165, 1.54) is 0 Å². The van der Waals surface area contributed by atoms with Gasteiger partial charge in [-0.25, -0.2) is 0 Å². The Labute approximate surface area is 129 Å². The molecule has 22 heavy (non-hydrogen) atoms. The van der Waals surface area contributed by atoms with Gasteiger partial charge in [0.05, 0.1) is 6.61 Å². The lowest BCUT2D eigenvalue weighted by molar-refractivity contribution is 0.0971. The number of rotatable bonds is 5. The van der Waals surface area contributed by atoms with Crippen LogP contribution in [0.15, 0.2) is 42.5 Å². The normalized spacial score (nSPS) is 13.5. The summed E-state index contributed by atoms with van der Waals surface area (Å²) in [5, 5.41) is 0. The van der Waals surface area contributed by atoms with Crippen molar-refractivity contribution in [1.82, 2.24) is 0 Å². The van der Waals surface area contributed by atoms with Gasteiger partial charge in [0.15, 0.2) is 5.78 Å². The van der Waals surface area contributed by atoms with Gasteiger partial charge in [0.2, 0.25) is 0 Å². The third kappa shape index (κ3) is 3.25. The van der Waals surface area contributed by atoms with Crippen molar-refractivity contribution in [1.29, 1.82) is 0 Å². The zero-order valence-electron chi connectivity index (χ0n) is 12.4. The average Bonchev–Trinajstić information content (AvgIpc) is 2.56. The standard InChI is InChI=1S/C19H18O3/c20-13-15-4-1-3-14(11-15)9-10-22-17-8-7-16-5-2-6-19(21)18(16)12-17/h1,3-4,7-8,11-13H,2,5-6,9-10H2. The van der Waals surface area contributed by atoms with Crippen LogP contribution in [0.3, 0.4) is 0 Å². The van der Waals surface area contributed by atoms with Crippen LogP contribution in [-0.2, 0) is 12.8 Å². The summed E-state index contributed by atoms with van der Waals surface area (Å²) in [6.45, 7) is 0.523. The van der Waals surface area contributed by atoms with E-state index >= 15 is 0 Å². The number of Topliss-reactive ketones (excluding diaryl/α,β-unsaturated/α-hetero) is 1. The summed E-state index contributed by atoms with van der Waals surface area (Å²) in [5.74, 6) is 0.950. The van der Waals surface area contributed by atoms with Crippen LogP contribution in [0, 0.1) is 0 Å². The van der Waals surface area contributed by atoms with Crippen molar-refractivity contribution in [3.05, 3.63) is 64.7 Å². The first-order valence-corrected chi connectivity index (χ1v) is 7.59. The highest BCUT2D eigenvalue weighted by molar-refractivity contribution is 5.98. The molecule has 0 bridgehead atoms. The maximum Gasteiger partial charge on any atom is 0.163 e. The van der Waals surface area contributed by atoms with Gasteiger partial charge >= 0.3 is 0 Å². The van der Waals surface area contributed by atoms with E-state index in [4.69, 9.17) is 4.74 Å². The predicted molar refractivity (Wildman–Crippen MR) is 84.7 cm³/mol. The summed E-state index contributed by atoms with van der Waals surface area (Å²) in [6, 6.07) is 13.3. The lowest BCUT2D eigenvalue weighted by Gasteiger charge is -2.16. The Hall–Kier alpha value is -2.42. The van der Waals surface area contributed by atoms with Crippen LogP contribution in [0.5, 0.6) is 5.75 Å². The van der Waals surface area contributed by atoms with E-state index in [9.17, 15) is 9.59 Å². The van der Waals surface area contributed by atoms with Gasteiger partial charge < -0.3 is 4.74 Å². The summed E-state index contributed by atoms with van der Waals surface area (Å²) in [6.07, 6.45) is 4.13. The molecule has 0 radical (unpaired) electrons. The lowest BCUT2D eigenvalue weighted by Crippen LogP contribution is -2.11. The Morgan fingerprint density at radius 1 is 1.09 bits per heavy atom. The number of hydrogen-bond donors (Lipinski definition) is 0. The van der Waals surface area contributed by atoms with Gasteiger partial charge in [0.1, 0.15) is 12.0 Å². The number of aryl methyl sites for hydroxylation is 1. The van der Waals surface area contributed by atoms with Gasteiger partial charge in [-0.2, -0.15) is 0 Å². The Bertz CT molecular complexity index is 704. The topological polar surface area (TPSA) is 43.4 Å². The molecule has 1 aliphatic carbocycles. The van der Waals surface area contributed by atoms with Gasteiger partial charge in [-0.05, 0) is 42.2 Å². The van der Waals surface area contributed by atoms with Crippen LogP contribution >= 0.6 is 0 Å². The first-order valence-electron chi connectivity index (χ1n) is 7.59.